The lowest BCUT2D eigenvalue weighted by molar-refractivity contribution is 0.123. The summed E-state index contributed by atoms with van der Waals surface area (Å²) in [5.74, 6) is 0. The molecule has 0 aromatic carbocycles. The summed E-state index contributed by atoms with van der Waals surface area (Å²) < 4.78 is 15.9. The Morgan fingerprint density at radius 3 is 1.93 bits per heavy atom. The molecule has 0 fully saturated rings. The first-order chi connectivity index (χ1) is 6.60. The molecule has 14 heavy (non-hydrogen) atoms. The molecule has 0 aromatic heterocycles. The van der Waals surface area contributed by atoms with Gasteiger partial charge in [0, 0.05) is 27.4 Å². The van der Waals surface area contributed by atoms with Gasteiger partial charge in [-0.15, -0.1) is 6.58 Å². The maximum atomic E-state index is 5.32. The fraction of sp³-hybridized carbons (Fsp3) is 0.800. The third kappa shape index (κ3) is 4.90. The zero-order chi connectivity index (χ0) is 11.0. The van der Waals surface area contributed by atoms with E-state index in [0.717, 1.165) is 25.3 Å². The standard InChI is InChI=1S/C10H22O3Si/c1-10(2)8-6-7-9-14(11-3,12-4)13-5/h1,6-9H2,2-5H3. The van der Waals surface area contributed by atoms with Gasteiger partial charge in [-0.3, -0.25) is 0 Å². The minimum atomic E-state index is -2.32. The Morgan fingerprint density at radius 1 is 1.07 bits per heavy atom. The van der Waals surface area contributed by atoms with Gasteiger partial charge in [-0.25, -0.2) is 0 Å². The summed E-state index contributed by atoms with van der Waals surface area (Å²) in [7, 11) is 2.63. The highest BCUT2D eigenvalue weighted by molar-refractivity contribution is 6.60. The van der Waals surface area contributed by atoms with E-state index in [1.54, 1.807) is 21.3 Å². The molecule has 0 bridgehead atoms. The smallest absolute Gasteiger partial charge is 0.377 e. The second-order valence-electron chi connectivity index (χ2n) is 3.46. The van der Waals surface area contributed by atoms with E-state index >= 15 is 0 Å². The molecule has 0 N–H and O–H groups in total. The molecule has 3 nitrogen and oxygen atoms in total. The first-order valence-electron chi connectivity index (χ1n) is 4.90. The van der Waals surface area contributed by atoms with Crippen LogP contribution in [0.3, 0.4) is 0 Å². The monoisotopic (exact) mass is 218 g/mol. The highest BCUT2D eigenvalue weighted by atomic mass is 28.4. The van der Waals surface area contributed by atoms with Crippen LogP contribution >= 0.6 is 0 Å². The zero-order valence-corrected chi connectivity index (χ0v) is 10.8. The molecule has 0 atom stereocenters. The summed E-state index contributed by atoms with van der Waals surface area (Å²) in [5, 5.41) is 0. The van der Waals surface area contributed by atoms with Gasteiger partial charge in [0.1, 0.15) is 0 Å². The maximum absolute atomic E-state index is 5.32. The van der Waals surface area contributed by atoms with Gasteiger partial charge in [-0.2, -0.15) is 0 Å². The van der Waals surface area contributed by atoms with Crippen molar-refractivity contribution < 1.29 is 13.3 Å². The van der Waals surface area contributed by atoms with Gasteiger partial charge in [-0.05, 0) is 26.2 Å². The van der Waals surface area contributed by atoms with E-state index < -0.39 is 8.80 Å². The van der Waals surface area contributed by atoms with E-state index in [2.05, 4.69) is 6.58 Å². The SMILES string of the molecule is C=C(C)CCCC[Si](OC)(OC)OC. The van der Waals surface area contributed by atoms with Crippen molar-refractivity contribution in [2.75, 3.05) is 21.3 Å². The molecule has 0 saturated carbocycles. The molecular weight excluding hydrogens is 196 g/mol. The predicted molar refractivity (Wildman–Crippen MR) is 60.3 cm³/mol. The van der Waals surface area contributed by atoms with Crippen LogP contribution in [0.15, 0.2) is 12.2 Å². The van der Waals surface area contributed by atoms with Gasteiger partial charge in [-0.1, -0.05) is 5.57 Å². The molecule has 0 radical (unpaired) electrons. The summed E-state index contributed by atoms with van der Waals surface area (Å²) in [4.78, 5) is 0. The molecule has 4 heteroatoms. The number of unbranched alkanes of at least 4 members (excludes halogenated alkanes) is 1. The number of hydrogen-bond acceptors (Lipinski definition) is 3. The molecule has 0 saturated heterocycles. The Morgan fingerprint density at radius 2 is 1.57 bits per heavy atom. The van der Waals surface area contributed by atoms with E-state index in [0.29, 0.717) is 0 Å². The van der Waals surface area contributed by atoms with Crippen LogP contribution in [0, 0.1) is 0 Å². The van der Waals surface area contributed by atoms with Gasteiger partial charge in [0.2, 0.25) is 0 Å². The van der Waals surface area contributed by atoms with Crippen LogP contribution in [0.4, 0.5) is 0 Å². The highest BCUT2D eigenvalue weighted by Gasteiger charge is 2.36. The largest absolute Gasteiger partial charge is 0.500 e. The molecule has 0 aliphatic carbocycles. The molecule has 0 heterocycles. The Labute approximate surface area is 88.4 Å². The van der Waals surface area contributed by atoms with Gasteiger partial charge >= 0.3 is 8.80 Å². The highest BCUT2D eigenvalue weighted by Crippen LogP contribution is 2.17. The number of hydrogen-bond donors (Lipinski definition) is 0. The van der Waals surface area contributed by atoms with Crippen LogP contribution in [0.2, 0.25) is 6.04 Å². The van der Waals surface area contributed by atoms with Crippen molar-refractivity contribution in [1.29, 1.82) is 0 Å². The zero-order valence-electron chi connectivity index (χ0n) is 9.76. The van der Waals surface area contributed by atoms with Crippen molar-refractivity contribution in [3.8, 4) is 0 Å². The minimum absolute atomic E-state index is 0.879. The summed E-state index contributed by atoms with van der Waals surface area (Å²) in [6.45, 7) is 5.92. The molecule has 0 aliphatic heterocycles. The van der Waals surface area contributed by atoms with Crippen molar-refractivity contribution >= 4 is 8.80 Å². The van der Waals surface area contributed by atoms with Crippen LogP contribution < -0.4 is 0 Å². The minimum Gasteiger partial charge on any atom is -0.377 e. The lowest BCUT2D eigenvalue weighted by Crippen LogP contribution is -2.42. The van der Waals surface area contributed by atoms with E-state index in [1.165, 1.54) is 5.57 Å². The molecule has 0 rings (SSSR count). The summed E-state index contributed by atoms with van der Waals surface area (Å²) in [6.07, 6.45) is 3.26. The Kier molecular flexibility index (Phi) is 7.09. The average molecular weight is 218 g/mol. The Balaban J connectivity index is 3.77. The molecule has 0 aliphatic rings. The van der Waals surface area contributed by atoms with Crippen LogP contribution in [0.25, 0.3) is 0 Å². The molecule has 0 aromatic rings. The van der Waals surface area contributed by atoms with Crippen LogP contribution in [0.5, 0.6) is 0 Å². The first kappa shape index (κ1) is 13.8. The lowest BCUT2D eigenvalue weighted by Gasteiger charge is -2.24. The number of rotatable bonds is 8. The third-order valence-electron chi connectivity index (χ3n) is 2.27. The van der Waals surface area contributed by atoms with Crippen LogP contribution in [-0.4, -0.2) is 30.1 Å². The summed E-state index contributed by atoms with van der Waals surface area (Å²) in [5.41, 5.74) is 1.23. The van der Waals surface area contributed by atoms with Gasteiger partial charge < -0.3 is 13.3 Å². The third-order valence-corrected chi connectivity index (χ3v) is 5.10. The molecule has 0 unspecified atom stereocenters. The molecular formula is C10H22O3Si. The van der Waals surface area contributed by atoms with E-state index in [-0.39, 0.29) is 0 Å². The molecule has 0 spiro atoms. The van der Waals surface area contributed by atoms with Gasteiger partial charge in [0.25, 0.3) is 0 Å². The second kappa shape index (κ2) is 7.17. The normalized spacial score (nSPS) is 11.7. The van der Waals surface area contributed by atoms with Crippen LogP contribution in [0.1, 0.15) is 26.2 Å². The van der Waals surface area contributed by atoms with Crippen molar-refractivity contribution in [1.82, 2.24) is 0 Å². The fourth-order valence-corrected chi connectivity index (χ4v) is 3.12. The van der Waals surface area contributed by atoms with Crippen molar-refractivity contribution in [3.63, 3.8) is 0 Å². The lowest BCUT2D eigenvalue weighted by atomic mass is 10.2. The van der Waals surface area contributed by atoms with E-state index in [1.807, 2.05) is 6.92 Å². The van der Waals surface area contributed by atoms with E-state index in [9.17, 15) is 0 Å². The van der Waals surface area contributed by atoms with Crippen LogP contribution in [-0.2, 0) is 13.3 Å². The molecule has 0 amide bonds. The first-order valence-corrected chi connectivity index (χ1v) is 6.83. The van der Waals surface area contributed by atoms with Crippen molar-refractivity contribution in [2.45, 2.75) is 32.2 Å². The Bertz CT molecular complexity index is 158. The molecule has 84 valence electrons. The predicted octanol–water partition coefficient (Wildman–Crippen LogP) is 2.61. The number of allylic oxidation sites excluding steroid dienone is 1. The summed E-state index contributed by atoms with van der Waals surface area (Å²) in [6, 6.07) is 0.879. The topological polar surface area (TPSA) is 27.7 Å². The van der Waals surface area contributed by atoms with Gasteiger partial charge in [0.05, 0.1) is 0 Å². The van der Waals surface area contributed by atoms with Crippen molar-refractivity contribution in [2.24, 2.45) is 0 Å². The summed E-state index contributed by atoms with van der Waals surface area (Å²) >= 11 is 0. The maximum Gasteiger partial charge on any atom is 0.500 e. The Hall–Kier alpha value is -0.163. The second-order valence-corrected chi connectivity index (χ2v) is 6.55. The van der Waals surface area contributed by atoms with Gasteiger partial charge in [0.15, 0.2) is 0 Å². The van der Waals surface area contributed by atoms with Crippen molar-refractivity contribution in [3.05, 3.63) is 12.2 Å². The fourth-order valence-electron chi connectivity index (χ4n) is 1.32. The van der Waals surface area contributed by atoms with E-state index in [4.69, 9.17) is 13.3 Å². The quantitative estimate of drug-likeness (QED) is 0.356. The average Bonchev–Trinajstić information content (AvgIpc) is 2.19.